The summed E-state index contributed by atoms with van der Waals surface area (Å²) in [6, 6.07) is 5.56. The summed E-state index contributed by atoms with van der Waals surface area (Å²) < 4.78 is 0. The van der Waals surface area contributed by atoms with Crippen LogP contribution in [0, 0.1) is 12.8 Å². The summed E-state index contributed by atoms with van der Waals surface area (Å²) in [5.74, 6) is 0.776. The van der Waals surface area contributed by atoms with Crippen molar-refractivity contribution in [2.24, 2.45) is 5.92 Å². The fraction of sp³-hybridized carbons (Fsp3) is 0.438. The van der Waals surface area contributed by atoms with Crippen molar-refractivity contribution in [2.75, 3.05) is 0 Å². The van der Waals surface area contributed by atoms with Gasteiger partial charge in [0.05, 0.1) is 11.2 Å². The largest absolute Gasteiger partial charge is 0.506 e. The predicted molar refractivity (Wildman–Crippen MR) is 83.0 cm³/mol. The smallest absolute Gasteiger partial charge is 0.140 e. The normalized spacial score (nSPS) is 10.5. The molecule has 0 amide bonds. The average molecular weight is 280 g/mol. The summed E-state index contributed by atoms with van der Waals surface area (Å²) >= 11 is 5.97. The van der Waals surface area contributed by atoms with Gasteiger partial charge in [0.2, 0.25) is 0 Å². The Balaban J connectivity index is 0.000000861. The Morgan fingerprint density at radius 1 is 1.26 bits per heavy atom. The average Bonchev–Trinajstić information content (AvgIpc) is 2.37. The molecular weight excluding hydrogens is 258 g/mol. The van der Waals surface area contributed by atoms with Gasteiger partial charge in [0.1, 0.15) is 5.75 Å². The Kier molecular flexibility index (Phi) is 5.61. The van der Waals surface area contributed by atoms with Crippen LogP contribution in [-0.2, 0) is 6.42 Å². The van der Waals surface area contributed by atoms with Crippen LogP contribution in [0.3, 0.4) is 0 Å². The Bertz CT molecular complexity index is 564. The molecule has 3 heteroatoms. The van der Waals surface area contributed by atoms with Crippen LogP contribution in [0.25, 0.3) is 10.9 Å². The van der Waals surface area contributed by atoms with E-state index in [1.165, 1.54) is 0 Å². The van der Waals surface area contributed by atoms with Gasteiger partial charge in [0, 0.05) is 16.0 Å². The van der Waals surface area contributed by atoms with Crippen molar-refractivity contribution in [1.29, 1.82) is 0 Å². The van der Waals surface area contributed by atoms with Crippen molar-refractivity contribution in [3.05, 3.63) is 34.5 Å². The number of hydrogen-bond donors (Lipinski definition) is 1. The van der Waals surface area contributed by atoms with Crippen LogP contribution in [0.1, 0.15) is 39.0 Å². The van der Waals surface area contributed by atoms with Gasteiger partial charge < -0.3 is 5.11 Å². The lowest BCUT2D eigenvalue weighted by Crippen LogP contribution is -2.00. The number of halogens is 1. The highest BCUT2D eigenvalue weighted by atomic mass is 35.5. The lowest BCUT2D eigenvalue weighted by molar-refractivity contribution is 0.455. The van der Waals surface area contributed by atoms with Crippen molar-refractivity contribution < 1.29 is 5.11 Å². The van der Waals surface area contributed by atoms with E-state index in [0.717, 1.165) is 28.6 Å². The van der Waals surface area contributed by atoms with Crippen LogP contribution in [0.4, 0.5) is 0 Å². The molecule has 2 aromatic rings. The van der Waals surface area contributed by atoms with Crippen LogP contribution in [0.2, 0.25) is 5.02 Å². The minimum absolute atomic E-state index is 0.313. The van der Waals surface area contributed by atoms with Gasteiger partial charge in [-0.1, -0.05) is 45.4 Å². The minimum atomic E-state index is 0.313. The van der Waals surface area contributed by atoms with Crippen molar-refractivity contribution in [3.8, 4) is 5.75 Å². The van der Waals surface area contributed by atoms with E-state index in [1.54, 1.807) is 0 Å². The third-order valence-electron chi connectivity index (χ3n) is 2.85. The molecule has 1 aromatic heterocycles. The van der Waals surface area contributed by atoms with E-state index >= 15 is 0 Å². The zero-order chi connectivity index (χ0) is 14.6. The fourth-order valence-corrected chi connectivity index (χ4v) is 2.15. The molecule has 0 saturated heterocycles. The van der Waals surface area contributed by atoms with Crippen LogP contribution in [0.5, 0.6) is 5.75 Å². The summed E-state index contributed by atoms with van der Waals surface area (Å²) in [6.45, 7) is 10.1. The van der Waals surface area contributed by atoms with Gasteiger partial charge in [-0.25, -0.2) is 4.98 Å². The Hall–Kier alpha value is -1.28. The lowest BCUT2D eigenvalue weighted by atomic mass is 10.0. The quantitative estimate of drug-likeness (QED) is 0.827. The first-order valence-electron chi connectivity index (χ1n) is 6.76. The maximum absolute atomic E-state index is 10.1. The second-order valence-electron chi connectivity index (χ2n) is 4.79. The molecule has 1 heterocycles. The van der Waals surface area contributed by atoms with E-state index in [0.29, 0.717) is 16.7 Å². The van der Waals surface area contributed by atoms with Crippen molar-refractivity contribution in [2.45, 2.75) is 41.0 Å². The number of nitrogens with zero attached hydrogens (tertiary/aromatic N) is 1. The van der Waals surface area contributed by atoms with Gasteiger partial charge in [0.25, 0.3) is 0 Å². The van der Waals surface area contributed by atoms with Crippen molar-refractivity contribution >= 4 is 22.5 Å². The molecular formula is C16H22ClNO. The van der Waals surface area contributed by atoms with Crippen LogP contribution in [0.15, 0.2) is 18.2 Å². The van der Waals surface area contributed by atoms with Crippen LogP contribution in [-0.4, -0.2) is 10.1 Å². The molecule has 2 rings (SSSR count). The highest BCUT2D eigenvalue weighted by molar-refractivity contribution is 6.31. The molecule has 1 N–H and O–H groups in total. The van der Waals surface area contributed by atoms with Gasteiger partial charge >= 0.3 is 0 Å². The van der Waals surface area contributed by atoms with Crippen LogP contribution >= 0.6 is 11.6 Å². The van der Waals surface area contributed by atoms with E-state index in [2.05, 4.69) is 18.8 Å². The van der Waals surface area contributed by atoms with E-state index in [1.807, 2.05) is 39.0 Å². The van der Waals surface area contributed by atoms with Gasteiger partial charge in [-0.05, 0) is 31.4 Å². The lowest BCUT2D eigenvalue weighted by Gasteiger charge is -2.11. The Morgan fingerprint density at radius 2 is 1.89 bits per heavy atom. The van der Waals surface area contributed by atoms with Crippen LogP contribution < -0.4 is 0 Å². The molecule has 2 nitrogen and oxygen atoms in total. The van der Waals surface area contributed by atoms with E-state index < -0.39 is 0 Å². The zero-order valence-electron chi connectivity index (χ0n) is 12.3. The number of pyridine rings is 1. The Labute approximate surface area is 120 Å². The summed E-state index contributed by atoms with van der Waals surface area (Å²) in [7, 11) is 0. The van der Waals surface area contributed by atoms with Gasteiger partial charge in [-0.3, -0.25) is 0 Å². The predicted octanol–water partition coefficient (Wildman–Crippen LogP) is 5.13. The standard InChI is InChI=1S/C14H16ClNO.C2H6/c1-8(2)6-13-14(17)9(3)11-5-4-10(15)7-12(11)16-13;1-2/h4-5,7-8,17H,6H2,1-3H3;1-2H3. The number of rotatable bonds is 2. The number of aromatic nitrogens is 1. The van der Waals surface area contributed by atoms with Gasteiger partial charge in [0.15, 0.2) is 0 Å². The molecule has 0 atom stereocenters. The highest BCUT2D eigenvalue weighted by Gasteiger charge is 2.12. The molecule has 0 bridgehead atoms. The number of aromatic hydroxyl groups is 1. The first-order valence-corrected chi connectivity index (χ1v) is 7.14. The third-order valence-corrected chi connectivity index (χ3v) is 3.08. The molecule has 0 aliphatic carbocycles. The monoisotopic (exact) mass is 279 g/mol. The first kappa shape index (κ1) is 15.8. The van der Waals surface area contributed by atoms with E-state index in [-0.39, 0.29) is 0 Å². The zero-order valence-corrected chi connectivity index (χ0v) is 13.0. The third kappa shape index (κ3) is 3.60. The van der Waals surface area contributed by atoms with Gasteiger partial charge in [-0.15, -0.1) is 0 Å². The SMILES string of the molecule is CC.Cc1c(O)c(CC(C)C)nc2cc(Cl)ccc12. The van der Waals surface area contributed by atoms with E-state index in [9.17, 15) is 5.11 Å². The fourth-order valence-electron chi connectivity index (χ4n) is 1.99. The number of fused-ring (bicyclic) bond motifs is 1. The Morgan fingerprint density at radius 3 is 2.47 bits per heavy atom. The highest BCUT2D eigenvalue weighted by Crippen LogP contribution is 2.30. The van der Waals surface area contributed by atoms with E-state index in [4.69, 9.17) is 11.6 Å². The molecule has 0 aliphatic rings. The molecule has 1 aromatic carbocycles. The first-order chi connectivity index (χ1) is 8.99. The molecule has 0 aliphatic heterocycles. The molecule has 0 saturated carbocycles. The minimum Gasteiger partial charge on any atom is -0.506 e. The van der Waals surface area contributed by atoms with Gasteiger partial charge in [-0.2, -0.15) is 0 Å². The van der Waals surface area contributed by atoms with Crippen molar-refractivity contribution in [3.63, 3.8) is 0 Å². The second kappa shape index (κ2) is 6.76. The maximum Gasteiger partial charge on any atom is 0.140 e. The molecule has 19 heavy (non-hydrogen) atoms. The van der Waals surface area contributed by atoms with Crippen molar-refractivity contribution in [1.82, 2.24) is 4.98 Å². The summed E-state index contributed by atoms with van der Waals surface area (Å²) in [5.41, 5.74) is 2.48. The number of aryl methyl sites for hydroxylation is 1. The topological polar surface area (TPSA) is 33.1 Å². The maximum atomic E-state index is 10.1. The second-order valence-corrected chi connectivity index (χ2v) is 5.23. The summed E-state index contributed by atoms with van der Waals surface area (Å²) in [6.07, 6.45) is 0.773. The number of benzene rings is 1. The number of hydrogen-bond acceptors (Lipinski definition) is 2. The summed E-state index contributed by atoms with van der Waals surface area (Å²) in [5, 5.41) is 11.7. The molecule has 0 unspecified atom stereocenters. The summed E-state index contributed by atoms with van der Waals surface area (Å²) in [4.78, 5) is 4.50. The molecule has 0 fully saturated rings. The molecule has 104 valence electrons. The molecule has 0 spiro atoms. The molecule has 0 radical (unpaired) electrons.